The first-order valence-electron chi connectivity index (χ1n) is 8.01. The molecule has 2 rings (SSSR count). The van der Waals surface area contributed by atoms with E-state index >= 15 is 0 Å². The Morgan fingerprint density at radius 1 is 1.25 bits per heavy atom. The zero-order valence-electron chi connectivity index (χ0n) is 12.9. The van der Waals surface area contributed by atoms with Crippen LogP contribution in [0.5, 0.6) is 5.75 Å². The lowest BCUT2D eigenvalue weighted by molar-refractivity contribution is 0.0236. The van der Waals surface area contributed by atoms with Gasteiger partial charge in [0.05, 0.1) is 12.7 Å². The highest BCUT2D eigenvalue weighted by molar-refractivity contribution is 5.34. The van der Waals surface area contributed by atoms with Gasteiger partial charge >= 0.3 is 0 Å². The van der Waals surface area contributed by atoms with Gasteiger partial charge in [-0.05, 0) is 36.8 Å². The zero-order valence-corrected chi connectivity index (χ0v) is 12.9. The van der Waals surface area contributed by atoms with Gasteiger partial charge in [-0.3, -0.25) is 0 Å². The molecular weight excluding hydrogens is 248 g/mol. The van der Waals surface area contributed by atoms with E-state index in [-0.39, 0.29) is 0 Å². The zero-order chi connectivity index (χ0) is 14.4. The molecule has 0 aliphatic heterocycles. The maximum atomic E-state index is 11.0. The molecule has 112 valence electrons. The maximum absolute atomic E-state index is 11.0. The molecule has 1 aromatic rings. The van der Waals surface area contributed by atoms with Gasteiger partial charge in [0.1, 0.15) is 5.75 Å². The quantitative estimate of drug-likeness (QED) is 0.810. The van der Waals surface area contributed by atoms with Crippen LogP contribution in [0, 0.1) is 5.92 Å². The summed E-state index contributed by atoms with van der Waals surface area (Å²) in [6.07, 6.45) is 8.73. The van der Waals surface area contributed by atoms with Crippen LogP contribution in [0.1, 0.15) is 57.4 Å². The van der Waals surface area contributed by atoms with Gasteiger partial charge in [-0.25, -0.2) is 0 Å². The summed E-state index contributed by atoms with van der Waals surface area (Å²) in [7, 11) is 1.70. The molecule has 0 radical (unpaired) electrons. The van der Waals surface area contributed by atoms with Gasteiger partial charge in [0.15, 0.2) is 0 Å². The molecule has 2 unspecified atom stereocenters. The van der Waals surface area contributed by atoms with E-state index in [4.69, 9.17) is 4.74 Å². The Morgan fingerprint density at radius 3 is 2.80 bits per heavy atom. The molecule has 2 atom stereocenters. The summed E-state index contributed by atoms with van der Waals surface area (Å²) in [5, 5.41) is 11.0. The highest BCUT2D eigenvalue weighted by Crippen LogP contribution is 2.36. The number of hydrogen-bond acceptors (Lipinski definition) is 2. The number of aliphatic hydroxyl groups is 1. The van der Waals surface area contributed by atoms with Crippen molar-refractivity contribution in [3.63, 3.8) is 0 Å². The van der Waals surface area contributed by atoms with E-state index in [2.05, 4.69) is 13.0 Å². The number of para-hydroxylation sites is 1. The number of benzene rings is 1. The summed E-state index contributed by atoms with van der Waals surface area (Å²) in [5.41, 5.74) is 0.586. The Labute approximate surface area is 123 Å². The molecule has 1 fully saturated rings. The van der Waals surface area contributed by atoms with Crippen LogP contribution in [0.4, 0.5) is 0 Å². The summed E-state index contributed by atoms with van der Waals surface area (Å²) in [6.45, 7) is 2.26. The first-order valence-corrected chi connectivity index (χ1v) is 8.01. The van der Waals surface area contributed by atoms with Gasteiger partial charge in [0.25, 0.3) is 0 Å². The van der Waals surface area contributed by atoms with Crippen molar-refractivity contribution in [1.82, 2.24) is 0 Å². The Hall–Kier alpha value is -1.02. The molecule has 0 bridgehead atoms. The van der Waals surface area contributed by atoms with Crippen LogP contribution in [-0.2, 0) is 6.42 Å². The fraction of sp³-hybridized carbons (Fsp3) is 0.667. The molecule has 0 saturated heterocycles. The van der Waals surface area contributed by atoms with Gasteiger partial charge in [-0.1, -0.05) is 50.8 Å². The Balaban J connectivity index is 2.03. The lowest BCUT2D eigenvalue weighted by Gasteiger charge is -2.27. The van der Waals surface area contributed by atoms with E-state index in [0.29, 0.717) is 0 Å². The van der Waals surface area contributed by atoms with E-state index in [1.807, 2.05) is 18.2 Å². The van der Waals surface area contributed by atoms with Crippen molar-refractivity contribution in [3.05, 3.63) is 29.8 Å². The van der Waals surface area contributed by atoms with Crippen LogP contribution >= 0.6 is 0 Å². The van der Waals surface area contributed by atoms with E-state index in [1.54, 1.807) is 7.11 Å². The average Bonchev–Trinajstić information content (AvgIpc) is 2.62. The standard InChI is InChI=1S/C18H28O2/c1-3-7-15-8-6-12-18(19,13-11-15)14-16-9-4-5-10-17(16)20-2/h4-5,9-10,15,19H,3,6-8,11-14H2,1-2H3. The molecule has 1 saturated carbocycles. The third-order valence-electron chi connectivity index (χ3n) is 4.68. The minimum atomic E-state index is -0.545. The van der Waals surface area contributed by atoms with Crippen LogP contribution in [0.2, 0.25) is 0 Å². The highest BCUT2D eigenvalue weighted by Gasteiger charge is 2.31. The molecule has 2 nitrogen and oxygen atoms in total. The Bertz CT molecular complexity index is 416. The second-order valence-electron chi connectivity index (χ2n) is 6.30. The molecule has 0 amide bonds. The minimum Gasteiger partial charge on any atom is -0.496 e. The number of rotatable bonds is 5. The lowest BCUT2D eigenvalue weighted by Crippen LogP contribution is -2.30. The van der Waals surface area contributed by atoms with Gasteiger partial charge in [0, 0.05) is 6.42 Å². The molecule has 0 spiro atoms. The van der Waals surface area contributed by atoms with Crippen LogP contribution in [0.3, 0.4) is 0 Å². The summed E-state index contributed by atoms with van der Waals surface area (Å²) in [5.74, 6) is 1.71. The van der Waals surface area contributed by atoms with Crippen molar-refractivity contribution in [2.45, 2.75) is 63.9 Å². The maximum Gasteiger partial charge on any atom is 0.122 e. The molecule has 1 N–H and O–H groups in total. The number of ether oxygens (including phenoxy) is 1. The van der Waals surface area contributed by atoms with Gasteiger partial charge in [-0.2, -0.15) is 0 Å². The van der Waals surface area contributed by atoms with Gasteiger partial charge in [-0.15, -0.1) is 0 Å². The van der Waals surface area contributed by atoms with Gasteiger partial charge < -0.3 is 9.84 Å². The number of methoxy groups -OCH3 is 1. The lowest BCUT2D eigenvalue weighted by atomic mass is 9.86. The Morgan fingerprint density at radius 2 is 2.05 bits per heavy atom. The Kier molecular flexibility index (Phi) is 5.47. The van der Waals surface area contributed by atoms with Crippen molar-refractivity contribution >= 4 is 0 Å². The second kappa shape index (κ2) is 7.12. The molecule has 1 aliphatic rings. The highest BCUT2D eigenvalue weighted by atomic mass is 16.5. The molecule has 1 aromatic carbocycles. The first-order chi connectivity index (χ1) is 9.67. The molecule has 2 heteroatoms. The third kappa shape index (κ3) is 3.99. The topological polar surface area (TPSA) is 29.5 Å². The summed E-state index contributed by atoms with van der Waals surface area (Å²) < 4.78 is 5.41. The first kappa shape index (κ1) is 15.4. The summed E-state index contributed by atoms with van der Waals surface area (Å²) in [4.78, 5) is 0. The van der Waals surface area contributed by atoms with E-state index in [0.717, 1.165) is 42.9 Å². The summed E-state index contributed by atoms with van der Waals surface area (Å²) >= 11 is 0. The molecule has 0 aromatic heterocycles. The van der Waals surface area contributed by atoms with Crippen molar-refractivity contribution in [2.24, 2.45) is 5.92 Å². The van der Waals surface area contributed by atoms with Crippen LogP contribution in [0.25, 0.3) is 0 Å². The SMILES string of the molecule is CCCC1CCCC(O)(Cc2ccccc2OC)CC1. The van der Waals surface area contributed by atoms with Crippen molar-refractivity contribution in [2.75, 3.05) is 7.11 Å². The molecule has 0 heterocycles. The van der Waals surface area contributed by atoms with Crippen LogP contribution in [-0.4, -0.2) is 17.8 Å². The van der Waals surface area contributed by atoms with Crippen LogP contribution < -0.4 is 4.74 Å². The van der Waals surface area contributed by atoms with Crippen molar-refractivity contribution in [1.29, 1.82) is 0 Å². The van der Waals surface area contributed by atoms with Crippen molar-refractivity contribution < 1.29 is 9.84 Å². The smallest absolute Gasteiger partial charge is 0.122 e. The minimum absolute atomic E-state index is 0.545. The predicted molar refractivity (Wildman–Crippen MR) is 83.1 cm³/mol. The number of hydrogen-bond donors (Lipinski definition) is 1. The fourth-order valence-electron chi connectivity index (χ4n) is 3.54. The second-order valence-corrected chi connectivity index (χ2v) is 6.30. The normalized spacial score (nSPS) is 27.1. The largest absolute Gasteiger partial charge is 0.496 e. The molecule has 20 heavy (non-hydrogen) atoms. The van der Waals surface area contributed by atoms with E-state index < -0.39 is 5.60 Å². The summed E-state index contributed by atoms with van der Waals surface area (Å²) in [6, 6.07) is 8.06. The van der Waals surface area contributed by atoms with Crippen LogP contribution in [0.15, 0.2) is 24.3 Å². The monoisotopic (exact) mass is 276 g/mol. The fourth-order valence-corrected chi connectivity index (χ4v) is 3.54. The third-order valence-corrected chi connectivity index (χ3v) is 4.68. The predicted octanol–water partition coefficient (Wildman–Crippen LogP) is 4.35. The molecular formula is C18H28O2. The molecule has 1 aliphatic carbocycles. The van der Waals surface area contributed by atoms with E-state index in [1.165, 1.54) is 25.7 Å². The average molecular weight is 276 g/mol. The van der Waals surface area contributed by atoms with Gasteiger partial charge in [0.2, 0.25) is 0 Å². The van der Waals surface area contributed by atoms with Crippen molar-refractivity contribution in [3.8, 4) is 5.75 Å². The van der Waals surface area contributed by atoms with E-state index in [9.17, 15) is 5.11 Å².